The number of carboxylic acids is 1. The average Bonchev–Trinajstić information content (AvgIpc) is 2.11. The SMILES string of the molecule is CCCC(C)(CCOCC(F)(F)F)C(=O)O. The van der Waals surface area contributed by atoms with Gasteiger partial charge in [0.1, 0.15) is 6.61 Å². The molecule has 0 saturated carbocycles. The molecule has 0 rings (SSSR count). The molecule has 0 heterocycles. The lowest BCUT2D eigenvalue weighted by atomic mass is 9.83. The zero-order valence-electron chi connectivity index (χ0n) is 9.43. The Morgan fingerprint density at radius 3 is 2.25 bits per heavy atom. The highest BCUT2D eigenvalue weighted by molar-refractivity contribution is 5.74. The van der Waals surface area contributed by atoms with Crippen LogP contribution in [-0.2, 0) is 9.53 Å². The topological polar surface area (TPSA) is 46.5 Å². The largest absolute Gasteiger partial charge is 0.481 e. The highest BCUT2D eigenvalue weighted by atomic mass is 19.4. The van der Waals surface area contributed by atoms with Gasteiger partial charge in [-0.3, -0.25) is 4.79 Å². The van der Waals surface area contributed by atoms with E-state index in [-0.39, 0.29) is 13.0 Å². The minimum Gasteiger partial charge on any atom is -0.481 e. The monoisotopic (exact) mass is 242 g/mol. The number of hydrogen-bond acceptors (Lipinski definition) is 2. The molecular formula is C10H17F3O3. The molecule has 0 amide bonds. The van der Waals surface area contributed by atoms with E-state index in [1.54, 1.807) is 0 Å². The third-order valence-electron chi connectivity index (χ3n) is 2.38. The third kappa shape index (κ3) is 5.95. The van der Waals surface area contributed by atoms with Crippen LogP contribution in [0.3, 0.4) is 0 Å². The summed E-state index contributed by atoms with van der Waals surface area (Å²) in [4.78, 5) is 10.9. The van der Waals surface area contributed by atoms with Gasteiger partial charge >= 0.3 is 12.1 Å². The maximum absolute atomic E-state index is 11.7. The van der Waals surface area contributed by atoms with E-state index in [2.05, 4.69) is 4.74 Å². The predicted octanol–water partition coefficient (Wildman–Crippen LogP) is 2.85. The molecule has 0 radical (unpaired) electrons. The lowest BCUT2D eigenvalue weighted by molar-refractivity contribution is -0.176. The summed E-state index contributed by atoms with van der Waals surface area (Å²) in [6, 6.07) is 0. The van der Waals surface area contributed by atoms with Gasteiger partial charge in [-0.15, -0.1) is 0 Å². The van der Waals surface area contributed by atoms with Crippen molar-refractivity contribution in [2.45, 2.75) is 39.3 Å². The molecule has 1 atom stereocenters. The highest BCUT2D eigenvalue weighted by Gasteiger charge is 2.33. The number of halogens is 3. The fourth-order valence-corrected chi connectivity index (χ4v) is 1.38. The van der Waals surface area contributed by atoms with E-state index < -0.39 is 24.2 Å². The lowest BCUT2D eigenvalue weighted by Gasteiger charge is -2.24. The van der Waals surface area contributed by atoms with Crippen molar-refractivity contribution >= 4 is 5.97 Å². The number of rotatable bonds is 7. The first-order chi connectivity index (χ1) is 7.21. The van der Waals surface area contributed by atoms with Crippen molar-refractivity contribution in [3.05, 3.63) is 0 Å². The lowest BCUT2D eigenvalue weighted by Crippen LogP contribution is -2.29. The predicted molar refractivity (Wildman–Crippen MR) is 52.1 cm³/mol. The maximum atomic E-state index is 11.7. The van der Waals surface area contributed by atoms with Crippen LogP contribution < -0.4 is 0 Å². The number of hydrogen-bond donors (Lipinski definition) is 1. The van der Waals surface area contributed by atoms with Crippen molar-refractivity contribution in [1.29, 1.82) is 0 Å². The third-order valence-corrected chi connectivity index (χ3v) is 2.38. The quantitative estimate of drug-likeness (QED) is 0.698. The Labute approximate surface area is 92.6 Å². The van der Waals surface area contributed by atoms with Gasteiger partial charge in [0.25, 0.3) is 0 Å². The minimum absolute atomic E-state index is 0.0895. The van der Waals surface area contributed by atoms with E-state index in [4.69, 9.17) is 5.11 Å². The van der Waals surface area contributed by atoms with Gasteiger partial charge in [0.15, 0.2) is 0 Å². The van der Waals surface area contributed by atoms with Crippen molar-refractivity contribution in [3.63, 3.8) is 0 Å². The van der Waals surface area contributed by atoms with Crippen LogP contribution in [0.2, 0.25) is 0 Å². The van der Waals surface area contributed by atoms with Gasteiger partial charge in [-0.1, -0.05) is 13.3 Å². The van der Waals surface area contributed by atoms with E-state index in [1.807, 2.05) is 6.92 Å². The standard InChI is InChI=1S/C10H17F3O3/c1-3-4-9(2,8(14)15)5-6-16-7-10(11,12)13/h3-7H2,1-2H3,(H,14,15). The molecule has 6 heteroatoms. The molecule has 0 bridgehead atoms. The summed E-state index contributed by atoms with van der Waals surface area (Å²) in [7, 11) is 0. The van der Waals surface area contributed by atoms with Crippen molar-refractivity contribution in [3.8, 4) is 0 Å². The van der Waals surface area contributed by atoms with Crippen LogP contribution in [0, 0.1) is 5.41 Å². The molecule has 1 N–H and O–H groups in total. The second-order valence-corrected chi connectivity index (χ2v) is 4.03. The average molecular weight is 242 g/mol. The van der Waals surface area contributed by atoms with Crippen molar-refractivity contribution in [2.75, 3.05) is 13.2 Å². The maximum Gasteiger partial charge on any atom is 0.411 e. The fourth-order valence-electron chi connectivity index (χ4n) is 1.38. The van der Waals surface area contributed by atoms with Gasteiger partial charge in [0.2, 0.25) is 0 Å². The van der Waals surface area contributed by atoms with Crippen molar-refractivity contribution in [1.82, 2.24) is 0 Å². The Morgan fingerprint density at radius 2 is 1.88 bits per heavy atom. The van der Waals surface area contributed by atoms with Gasteiger partial charge in [0.05, 0.1) is 5.41 Å². The molecule has 0 aliphatic heterocycles. The first-order valence-electron chi connectivity index (χ1n) is 5.09. The fraction of sp³-hybridized carbons (Fsp3) is 0.900. The zero-order chi connectivity index (χ0) is 12.8. The van der Waals surface area contributed by atoms with E-state index in [0.29, 0.717) is 12.8 Å². The van der Waals surface area contributed by atoms with Crippen LogP contribution in [-0.4, -0.2) is 30.5 Å². The number of carboxylic acid groups (broad SMARTS) is 1. The summed E-state index contributed by atoms with van der Waals surface area (Å²) >= 11 is 0. The molecule has 0 aromatic rings. The normalized spacial score (nSPS) is 15.8. The van der Waals surface area contributed by atoms with E-state index in [0.717, 1.165) is 0 Å². The molecule has 0 saturated heterocycles. The molecule has 3 nitrogen and oxygen atoms in total. The summed E-state index contributed by atoms with van der Waals surface area (Å²) < 4.78 is 39.6. The summed E-state index contributed by atoms with van der Waals surface area (Å²) in [6.07, 6.45) is -3.17. The Hall–Kier alpha value is -0.780. The number of alkyl halides is 3. The zero-order valence-corrected chi connectivity index (χ0v) is 9.43. The van der Waals surface area contributed by atoms with Crippen LogP contribution in [0.1, 0.15) is 33.1 Å². The Kier molecular flexibility index (Phi) is 5.78. The van der Waals surface area contributed by atoms with Crippen molar-refractivity contribution in [2.24, 2.45) is 5.41 Å². The van der Waals surface area contributed by atoms with E-state index in [1.165, 1.54) is 6.92 Å². The number of aliphatic carboxylic acids is 1. The Balaban J connectivity index is 4.00. The van der Waals surface area contributed by atoms with E-state index in [9.17, 15) is 18.0 Å². The van der Waals surface area contributed by atoms with Gasteiger partial charge in [-0.05, 0) is 19.8 Å². The van der Waals surface area contributed by atoms with Crippen LogP contribution in [0.15, 0.2) is 0 Å². The van der Waals surface area contributed by atoms with Gasteiger partial charge < -0.3 is 9.84 Å². The van der Waals surface area contributed by atoms with Crippen LogP contribution in [0.25, 0.3) is 0 Å². The second-order valence-electron chi connectivity index (χ2n) is 4.03. The molecule has 96 valence electrons. The highest BCUT2D eigenvalue weighted by Crippen LogP contribution is 2.28. The Morgan fingerprint density at radius 1 is 1.31 bits per heavy atom. The van der Waals surface area contributed by atoms with Gasteiger partial charge in [0, 0.05) is 6.61 Å². The Bertz CT molecular complexity index is 228. The molecule has 0 aliphatic rings. The summed E-state index contributed by atoms with van der Waals surface area (Å²) in [5.74, 6) is -0.995. The van der Waals surface area contributed by atoms with Crippen LogP contribution >= 0.6 is 0 Å². The van der Waals surface area contributed by atoms with Gasteiger partial charge in [-0.25, -0.2) is 0 Å². The summed E-state index contributed by atoms with van der Waals surface area (Å²) in [5.41, 5.74) is -1.000. The summed E-state index contributed by atoms with van der Waals surface area (Å²) in [5, 5.41) is 8.95. The first kappa shape index (κ1) is 15.2. The second kappa shape index (κ2) is 6.08. The van der Waals surface area contributed by atoms with Crippen LogP contribution in [0.4, 0.5) is 13.2 Å². The molecule has 1 unspecified atom stereocenters. The molecule has 0 spiro atoms. The number of ether oxygens (including phenoxy) is 1. The minimum atomic E-state index is -4.36. The number of carbonyl (C=O) groups is 1. The molecule has 0 aliphatic carbocycles. The first-order valence-corrected chi connectivity index (χ1v) is 5.09. The molecular weight excluding hydrogens is 225 g/mol. The van der Waals surface area contributed by atoms with Crippen LogP contribution in [0.5, 0.6) is 0 Å². The summed E-state index contributed by atoms with van der Waals surface area (Å²) in [6.45, 7) is 1.84. The molecule has 0 aromatic carbocycles. The van der Waals surface area contributed by atoms with Crippen molar-refractivity contribution < 1.29 is 27.8 Å². The molecule has 16 heavy (non-hydrogen) atoms. The van der Waals surface area contributed by atoms with E-state index >= 15 is 0 Å². The molecule has 0 aromatic heterocycles. The smallest absolute Gasteiger partial charge is 0.411 e. The van der Waals surface area contributed by atoms with Gasteiger partial charge in [-0.2, -0.15) is 13.2 Å². The molecule has 0 fully saturated rings.